The van der Waals surface area contributed by atoms with Gasteiger partial charge in [-0.2, -0.15) is 15.2 Å². The van der Waals surface area contributed by atoms with Gasteiger partial charge in [0.2, 0.25) is 5.88 Å². The second-order valence-electron chi connectivity index (χ2n) is 11.3. The molecule has 6 rings (SSSR count). The molecule has 4 heterocycles. The van der Waals surface area contributed by atoms with Crippen LogP contribution in [0.3, 0.4) is 0 Å². The summed E-state index contributed by atoms with van der Waals surface area (Å²) < 4.78 is 25.9. The molecule has 45 heavy (non-hydrogen) atoms. The van der Waals surface area contributed by atoms with Gasteiger partial charge in [0.05, 0.1) is 31.2 Å². The van der Waals surface area contributed by atoms with Crippen LogP contribution < -0.4 is 14.4 Å². The third-order valence-electron chi connectivity index (χ3n) is 8.61. The van der Waals surface area contributed by atoms with Crippen LogP contribution in [0.5, 0.6) is 11.9 Å². The van der Waals surface area contributed by atoms with Crippen molar-refractivity contribution in [2.75, 3.05) is 51.8 Å². The van der Waals surface area contributed by atoms with Gasteiger partial charge in [-0.05, 0) is 49.5 Å². The van der Waals surface area contributed by atoms with Crippen molar-refractivity contribution >= 4 is 45.1 Å². The fraction of sp³-hybridized carbons (Fsp3) is 0.364. The first kappa shape index (κ1) is 30.5. The van der Waals surface area contributed by atoms with E-state index in [-0.39, 0.29) is 31.6 Å². The summed E-state index contributed by atoms with van der Waals surface area (Å²) in [7, 11) is 3.63. The lowest BCUT2D eigenvalue weighted by atomic mass is 9.98. The standard InChI is InChI=1S/C33H33ClFN7O3/c1-20(35)32(43)42-16-15-41(18-22(42)12-13-36)30-29-27(37-33(39-30)45-19-23-9-6-14-40(23)2)17-25(31(38-29)44-3)24-10-4-7-21-8-5-11-26(34)28(21)24/h4-5,7-8,10-11,17,22-23H,1,6,9,12,14-16,18-19H2,2-3H3/t22-,23?/m0/s1. The Kier molecular flexibility index (Phi) is 8.70. The number of piperazine rings is 1. The number of likely N-dealkylation sites (tertiary alicyclic amines) is 1. The highest BCUT2D eigenvalue weighted by Gasteiger charge is 2.34. The number of carbonyl (C=O) groups excluding carboxylic acids is 1. The molecule has 10 nitrogen and oxygen atoms in total. The Morgan fingerprint density at radius 3 is 2.64 bits per heavy atom. The minimum Gasteiger partial charge on any atom is -0.481 e. The van der Waals surface area contributed by atoms with Crippen molar-refractivity contribution < 1.29 is 18.7 Å². The highest BCUT2D eigenvalue weighted by atomic mass is 35.5. The number of fused-ring (bicyclic) bond motifs is 2. The van der Waals surface area contributed by atoms with E-state index in [0.717, 1.165) is 35.7 Å². The lowest BCUT2D eigenvalue weighted by Gasteiger charge is -2.41. The number of ether oxygens (including phenoxy) is 2. The van der Waals surface area contributed by atoms with Crippen molar-refractivity contribution in [1.29, 1.82) is 5.26 Å². The highest BCUT2D eigenvalue weighted by molar-refractivity contribution is 6.36. The zero-order chi connectivity index (χ0) is 31.7. The van der Waals surface area contributed by atoms with Gasteiger partial charge in [-0.15, -0.1) is 0 Å². The molecule has 2 saturated heterocycles. The fourth-order valence-electron chi connectivity index (χ4n) is 6.27. The van der Waals surface area contributed by atoms with Gasteiger partial charge in [-0.3, -0.25) is 4.79 Å². The molecule has 2 aromatic carbocycles. The Morgan fingerprint density at radius 2 is 1.93 bits per heavy atom. The molecule has 2 aliphatic heterocycles. The van der Waals surface area contributed by atoms with Gasteiger partial charge < -0.3 is 24.2 Å². The Bertz CT molecular complexity index is 1820. The maximum Gasteiger partial charge on any atom is 0.319 e. The molecule has 0 N–H and O–H groups in total. The molecule has 1 amide bonds. The van der Waals surface area contributed by atoms with Crippen LogP contribution in [0, 0.1) is 11.3 Å². The number of carbonyl (C=O) groups is 1. The molecule has 2 aromatic heterocycles. The van der Waals surface area contributed by atoms with Gasteiger partial charge in [0.15, 0.2) is 11.6 Å². The van der Waals surface area contributed by atoms with E-state index in [4.69, 9.17) is 36.0 Å². The van der Waals surface area contributed by atoms with Crippen molar-refractivity contribution in [3.8, 4) is 29.1 Å². The Labute approximate surface area is 265 Å². The first-order valence-corrected chi connectivity index (χ1v) is 15.2. The maximum atomic E-state index is 13.8. The molecule has 0 bridgehead atoms. The van der Waals surface area contributed by atoms with E-state index < -0.39 is 17.8 Å². The maximum absolute atomic E-state index is 13.8. The third-order valence-corrected chi connectivity index (χ3v) is 8.93. The van der Waals surface area contributed by atoms with Crippen LogP contribution in [0.1, 0.15) is 19.3 Å². The van der Waals surface area contributed by atoms with Crippen LogP contribution >= 0.6 is 11.6 Å². The number of hydrogen-bond acceptors (Lipinski definition) is 9. The van der Waals surface area contributed by atoms with Gasteiger partial charge in [0, 0.05) is 41.6 Å². The second kappa shape index (κ2) is 12.8. The van der Waals surface area contributed by atoms with Crippen LogP contribution in [0.25, 0.3) is 32.9 Å². The molecule has 0 spiro atoms. The number of anilines is 1. The number of aromatic nitrogens is 3. The summed E-state index contributed by atoms with van der Waals surface area (Å²) in [6.45, 7) is 5.32. The van der Waals surface area contributed by atoms with Gasteiger partial charge >= 0.3 is 6.01 Å². The topological polar surface area (TPSA) is 108 Å². The quantitative estimate of drug-likeness (QED) is 0.237. The summed E-state index contributed by atoms with van der Waals surface area (Å²) in [5.74, 6) is -1.04. The van der Waals surface area contributed by atoms with Gasteiger partial charge in [-0.25, -0.2) is 9.37 Å². The van der Waals surface area contributed by atoms with E-state index in [1.165, 1.54) is 4.90 Å². The summed E-state index contributed by atoms with van der Waals surface area (Å²) in [5, 5.41) is 12.0. The Morgan fingerprint density at radius 1 is 1.13 bits per heavy atom. The van der Waals surface area contributed by atoms with Crippen LogP contribution in [0.15, 0.2) is 54.9 Å². The average molecular weight is 630 g/mol. The molecule has 0 radical (unpaired) electrons. The van der Waals surface area contributed by atoms with Crippen LogP contribution in [-0.4, -0.2) is 89.7 Å². The van der Waals surface area contributed by atoms with E-state index in [0.29, 0.717) is 46.5 Å². The molecular formula is C33H33ClFN7O3. The summed E-state index contributed by atoms with van der Waals surface area (Å²) in [5.41, 5.74) is 2.54. The normalized spacial score (nSPS) is 18.7. The van der Waals surface area contributed by atoms with Crippen molar-refractivity contribution in [2.45, 2.75) is 31.3 Å². The van der Waals surface area contributed by atoms with Gasteiger partial charge in [0.25, 0.3) is 5.91 Å². The lowest BCUT2D eigenvalue weighted by molar-refractivity contribution is -0.131. The van der Waals surface area contributed by atoms with Crippen molar-refractivity contribution in [3.63, 3.8) is 0 Å². The van der Waals surface area contributed by atoms with E-state index in [2.05, 4.69) is 24.6 Å². The van der Waals surface area contributed by atoms with Gasteiger partial charge in [-0.1, -0.05) is 48.5 Å². The zero-order valence-corrected chi connectivity index (χ0v) is 25.9. The first-order valence-electron chi connectivity index (χ1n) is 14.8. The number of benzene rings is 2. The predicted octanol–water partition coefficient (Wildman–Crippen LogP) is 5.39. The number of pyridine rings is 1. The van der Waals surface area contributed by atoms with Crippen LogP contribution in [-0.2, 0) is 4.79 Å². The predicted molar refractivity (Wildman–Crippen MR) is 171 cm³/mol. The lowest BCUT2D eigenvalue weighted by Crippen LogP contribution is -2.55. The number of halogens is 2. The third kappa shape index (κ3) is 5.95. The smallest absolute Gasteiger partial charge is 0.319 e. The summed E-state index contributed by atoms with van der Waals surface area (Å²) in [6, 6.07) is 15.6. The summed E-state index contributed by atoms with van der Waals surface area (Å²) in [4.78, 5) is 32.6. The zero-order valence-electron chi connectivity index (χ0n) is 25.2. The SMILES string of the molecule is C=C(F)C(=O)N1CCN(c2nc(OCC3CCCN3C)nc3cc(-c4cccc5cccc(Cl)c45)c(OC)nc23)C[C@@H]1CC#N. The van der Waals surface area contributed by atoms with Crippen molar-refractivity contribution in [1.82, 2.24) is 24.8 Å². The Hall–Kier alpha value is -4.53. The van der Waals surface area contributed by atoms with Crippen LogP contribution in [0.4, 0.5) is 10.2 Å². The van der Waals surface area contributed by atoms with E-state index >= 15 is 0 Å². The van der Waals surface area contributed by atoms with E-state index in [9.17, 15) is 14.4 Å². The Balaban J connectivity index is 1.47. The van der Waals surface area contributed by atoms with Crippen molar-refractivity contribution in [3.05, 3.63) is 59.9 Å². The van der Waals surface area contributed by atoms with Crippen LogP contribution in [0.2, 0.25) is 5.02 Å². The number of nitrogens with zero attached hydrogens (tertiary/aromatic N) is 7. The summed E-state index contributed by atoms with van der Waals surface area (Å²) in [6.07, 6.45) is 2.13. The van der Waals surface area contributed by atoms with E-state index in [1.807, 2.05) is 47.4 Å². The highest BCUT2D eigenvalue weighted by Crippen LogP contribution is 2.40. The number of rotatable bonds is 8. The molecular weight excluding hydrogens is 597 g/mol. The molecule has 0 saturated carbocycles. The molecule has 1 unspecified atom stereocenters. The second-order valence-corrected chi connectivity index (χ2v) is 11.7. The first-order chi connectivity index (χ1) is 21.8. The molecule has 2 fully saturated rings. The molecule has 2 atom stereocenters. The van der Waals surface area contributed by atoms with Crippen molar-refractivity contribution in [2.24, 2.45) is 0 Å². The number of methoxy groups -OCH3 is 1. The van der Waals surface area contributed by atoms with Gasteiger partial charge in [0.1, 0.15) is 12.1 Å². The number of amides is 1. The minimum absolute atomic E-state index is 0.0125. The average Bonchev–Trinajstić information content (AvgIpc) is 3.46. The fourth-order valence-corrected chi connectivity index (χ4v) is 6.56. The minimum atomic E-state index is -1.06. The molecule has 12 heteroatoms. The molecule has 2 aliphatic rings. The summed E-state index contributed by atoms with van der Waals surface area (Å²) >= 11 is 6.69. The number of nitriles is 1. The molecule has 0 aliphatic carbocycles. The monoisotopic (exact) mass is 629 g/mol. The number of likely N-dealkylation sites (N-methyl/N-ethyl adjacent to an activating group) is 1. The molecule has 232 valence electrons. The van der Waals surface area contributed by atoms with E-state index in [1.54, 1.807) is 7.11 Å². The largest absolute Gasteiger partial charge is 0.481 e. The number of hydrogen-bond donors (Lipinski definition) is 0. The molecule has 4 aromatic rings.